The molecule has 0 saturated heterocycles. The molecule has 0 aromatic heterocycles. The number of rotatable bonds is 4. The van der Waals surface area contributed by atoms with Gasteiger partial charge in [-0.2, -0.15) is 0 Å². The van der Waals surface area contributed by atoms with Gasteiger partial charge in [-0.3, -0.25) is 14.5 Å². The summed E-state index contributed by atoms with van der Waals surface area (Å²) in [5.74, 6) is -1.03. The number of aromatic hydroxyl groups is 1. The lowest BCUT2D eigenvalue weighted by molar-refractivity contribution is -0.143. The molecule has 0 radical (unpaired) electrons. The summed E-state index contributed by atoms with van der Waals surface area (Å²) in [6.07, 6.45) is 0.613. The highest BCUT2D eigenvalue weighted by Gasteiger charge is 2.54. The van der Waals surface area contributed by atoms with Gasteiger partial charge in [-0.1, -0.05) is 22.0 Å². The minimum Gasteiger partial charge on any atom is -0.507 e. The number of carbonyl (C=O) groups is 2. The van der Waals surface area contributed by atoms with Crippen LogP contribution < -0.4 is 9.64 Å². The van der Waals surface area contributed by atoms with Crippen LogP contribution in [-0.4, -0.2) is 41.8 Å². The van der Waals surface area contributed by atoms with Crippen molar-refractivity contribution < 1.29 is 29.3 Å². The Kier molecular flexibility index (Phi) is 4.55. The molecule has 8 heteroatoms. The molecule has 2 aliphatic heterocycles. The average Bonchev–Trinajstić information content (AvgIpc) is 3.19. The third-order valence-corrected chi connectivity index (χ3v) is 5.65. The molecule has 2 N–H and O–H groups in total. The van der Waals surface area contributed by atoms with Gasteiger partial charge in [0.15, 0.2) is 0 Å². The van der Waals surface area contributed by atoms with E-state index in [-0.39, 0.29) is 30.0 Å². The third kappa shape index (κ3) is 2.67. The van der Waals surface area contributed by atoms with E-state index in [0.717, 1.165) is 5.56 Å². The molecule has 0 aliphatic carbocycles. The van der Waals surface area contributed by atoms with Gasteiger partial charge in [-0.25, -0.2) is 0 Å². The Morgan fingerprint density at radius 3 is 2.93 bits per heavy atom. The first-order valence-electron chi connectivity index (χ1n) is 8.86. The zero-order chi connectivity index (χ0) is 20.1. The average molecular weight is 448 g/mol. The molecule has 2 heterocycles. The zero-order valence-electron chi connectivity index (χ0n) is 15.1. The molecule has 0 saturated carbocycles. The zero-order valence-corrected chi connectivity index (χ0v) is 16.7. The molecule has 1 atom stereocenters. The molecule has 28 heavy (non-hydrogen) atoms. The van der Waals surface area contributed by atoms with E-state index < -0.39 is 17.5 Å². The Hall–Kier alpha value is -2.58. The van der Waals surface area contributed by atoms with Crippen molar-refractivity contribution in [2.24, 2.45) is 0 Å². The molecule has 0 fully saturated rings. The van der Waals surface area contributed by atoms with E-state index in [0.29, 0.717) is 28.9 Å². The number of hydrogen-bond acceptors (Lipinski definition) is 6. The van der Waals surface area contributed by atoms with Crippen LogP contribution in [0.1, 0.15) is 23.6 Å². The monoisotopic (exact) mass is 447 g/mol. The molecule has 2 aromatic rings. The van der Waals surface area contributed by atoms with Crippen LogP contribution in [0.5, 0.6) is 11.5 Å². The van der Waals surface area contributed by atoms with Gasteiger partial charge in [0.2, 0.25) is 5.60 Å². The van der Waals surface area contributed by atoms with Gasteiger partial charge >= 0.3 is 5.97 Å². The predicted molar refractivity (Wildman–Crippen MR) is 103 cm³/mol. The number of nitrogens with zero attached hydrogens (tertiary/aromatic N) is 1. The fraction of sp³-hybridized carbons (Fsp3) is 0.300. The summed E-state index contributed by atoms with van der Waals surface area (Å²) < 4.78 is 10.9. The van der Waals surface area contributed by atoms with Crippen molar-refractivity contribution in [3.05, 3.63) is 51.5 Å². The lowest BCUT2D eigenvalue weighted by Crippen LogP contribution is -2.43. The number of benzene rings is 2. The van der Waals surface area contributed by atoms with Crippen molar-refractivity contribution in [1.82, 2.24) is 0 Å². The second-order valence-electron chi connectivity index (χ2n) is 6.62. The van der Waals surface area contributed by atoms with E-state index in [2.05, 4.69) is 15.9 Å². The molecule has 2 aromatic carbocycles. The Balaban J connectivity index is 1.88. The molecule has 2 aliphatic rings. The van der Waals surface area contributed by atoms with Gasteiger partial charge in [0.25, 0.3) is 5.91 Å². The summed E-state index contributed by atoms with van der Waals surface area (Å²) in [5.41, 5.74) is -0.638. The van der Waals surface area contributed by atoms with E-state index in [1.165, 1.54) is 11.0 Å². The van der Waals surface area contributed by atoms with Crippen LogP contribution in [0.2, 0.25) is 0 Å². The highest BCUT2D eigenvalue weighted by atomic mass is 79.9. The Bertz CT molecular complexity index is 991. The molecular weight excluding hydrogens is 430 g/mol. The van der Waals surface area contributed by atoms with Gasteiger partial charge in [0, 0.05) is 28.1 Å². The van der Waals surface area contributed by atoms with Crippen LogP contribution in [0.15, 0.2) is 34.8 Å². The molecular formula is C20H18BrNO6. The summed E-state index contributed by atoms with van der Waals surface area (Å²) in [5, 5.41) is 22.2. The van der Waals surface area contributed by atoms with Crippen molar-refractivity contribution in [2.45, 2.75) is 18.9 Å². The maximum absolute atomic E-state index is 13.3. The minimum absolute atomic E-state index is 0.0567. The van der Waals surface area contributed by atoms with E-state index in [1.54, 1.807) is 31.2 Å². The van der Waals surface area contributed by atoms with E-state index in [1.807, 2.05) is 0 Å². The molecule has 1 unspecified atom stereocenters. The summed E-state index contributed by atoms with van der Waals surface area (Å²) >= 11 is 3.40. The summed E-state index contributed by atoms with van der Waals surface area (Å²) in [4.78, 5) is 26.5. The van der Waals surface area contributed by atoms with E-state index >= 15 is 0 Å². The first-order valence-corrected chi connectivity index (χ1v) is 9.65. The number of aliphatic hydroxyl groups is 1. The number of phenols is 1. The lowest BCUT2D eigenvalue weighted by Gasteiger charge is -2.25. The normalized spacial score (nSPS) is 20.0. The number of ether oxygens (including phenoxy) is 2. The molecule has 7 nitrogen and oxygen atoms in total. The fourth-order valence-electron chi connectivity index (χ4n) is 3.75. The van der Waals surface area contributed by atoms with Crippen LogP contribution >= 0.6 is 15.9 Å². The number of halogens is 1. The minimum atomic E-state index is -2.15. The smallest absolute Gasteiger partial charge is 0.326 e. The van der Waals surface area contributed by atoms with Crippen molar-refractivity contribution >= 4 is 33.5 Å². The van der Waals surface area contributed by atoms with Crippen LogP contribution in [0.3, 0.4) is 0 Å². The highest BCUT2D eigenvalue weighted by Crippen LogP contribution is 2.51. The number of carbonyl (C=O) groups excluding carboxylic acids is 2. The van der Waals surface area contributed by atoms with Gasteiger partial charge in [0.1, 0.15) is 18.0 Å². The van der Waals surface area contributed by atoms with E-state index in [9.17, 15) is 19.8 Å². The standard InChI is InChI=1S/C20H18BrNO6/c1-2-27-17(24)10-22-14-5-3-4-13(21)18(14)20(26,19(22)25)12-8-11-6-7-28-16(11)9-15(12)23/h3-5,8-9,23,26H,2,6-7,10H2,1H3. The van der Waals surface area contributed by atoms with Crippen LogP contribution in [0, 0.1) is 0 Å². The maximum atomic E-state index is 13.3. The number of amides is 1. The van der Waals surface area contributed by atoms with Crippen LogP contribution in [-0.2, 0) is 26.3 Å². The van der Waals surface area contributed by atoms with E-state index in [4.69, 9.17) is 9.47 Å². The topological polar surface area (TPSA) is 96.3 Å². The Morgan fingerprint density at radius 1 is 1.39 bits per heavy atom. The molecule has 0 spiro atoms. The van der Waals surface area contributed by atoms with Gasteiger partial charge in [-0.15, -0.1) is 0 Å². The highest BCUT2D eigenvalue weighted by molar-refractivity contribution is 9.10. The Morgan fingerprint density at radius 2 is 2.18 bits per heavy atom. The Labute approximate surface area is 169 Å². The number of hydrogen-bond donors (Lipinski definition) is 2. The number of fused-ring (bicyclic) bond motifs is 2. The fourth-order valence-corrected chi connectivity index (χ4v) is 4.40. The summed E-state index contributed by atoms with van der Waals surface area (Å²) in [6.45, 7) is 1.99. The van der Waals surface area contributed by atoms with Crippen LogP contribution in [0.4, 0.5) is 5.69 Å². The maximum Gasteiger partial charge on any atom is 0.326 e. The first-order chi connectivity index (χ1) is 13.4. The van der Waals surface area contributed by atoms with Crippen LogP contribution in [0.25, 0.3) is 0 Å². The predicted octanol–water partition coefficient (Wildman–Crippen LogP) is 2.24. The second-order valence-corrected chi connectivity index (χ2v) is 7.47. The van der Waals surface area contributed by atoms with Gasteiger partial charge in [-0.05, 0) is 30.7 Å². The lowest BCUT2D eigenvalue weighted by atomic mass is 9.85. The molecule has 1 amide bonds. The van der Waals surface area contributed by atoms with Crippen molar-refractivity contribution in [3.63, 3.8) is 0 Å². The van der Waals surface area contributed by atoms with Crippen molar-refractivity contribution in [3.8, 4) is 11.5 Å². The third-order valence-electron chi connectivity index (χ3n) is 4.99. The van der Waals surface area contributed by atoms with Gasteiger partial charge in [0.05, 0.1) is 18.9 Å². The summed E-state index contributed by atoms with van der Waals surface area (Å²) in [6, 6.07) is 8.04. The molecule has 4 rings (SSSR count). The van der Waals surface area contributed by atoms with Crippen molar-refractivity contribution in [2.75, 3.05) is 24.7 Å². The quantitative estimate of drug-likeness (QED) is 0.697. The molecule has 146 valence electrons. The van der Waals surface area contributed by atoms with Gasteiger partial charge < -0.3 is 19.7 Å². The number of esters is 1. The SMILES string of the molecule is CCOC(=O)CN1C(=O)C(O)(c2cc3c(cc2O)OCC3)c2c(Br)cccc21. The number of phenolic OH excluding ortho intramolecular Hbond substituents is 1. The molecule has 0 bridgehead atoms. The largest absolute Gasteiger partial charge is 0.507 e. The van der Waals surface area contributed by atoms with Crippen molar-refractivity contribution in [1.29, 1.82) is 0 Å². The summed E-state index contributed by atoms with van der Waals surface area (Å²) in [7, 11) is 0. The second kappa shape index (κ2) is 6.79. The first kappa shape index (κ1) is 18.8. The number of anilines is 1.